The third kappa shape index (κ3) is 3.73. The van der Waals surface area contributed by atoms with Crippen LogP contribution in [-0.2, 0) is 12.8 Å². The molecule has 0 aliphatic rings. The van der Waals surface area contributed by atoms with E-state index in [9.17, 15) is 13.2 Å². The largest absolute Gasteiger partial charge is 0.488 e. The van der Waals surface area contributed by atoms with E-state index in [0.29, 0.717) is 4.47 Å². The van der Waals surface area contributed by atoms with Crippen LogP contribution in [0, 0.1) is 0 Å². The standard InChI is InChI=1S/C14H10BrF3O/c15-12-7-6-11(14(16,17)18)8-13(12)19-9-10-4-2-1-3-5-10/h1-8H,9H2. The lowest BCUT2D eigenvalue weighted by atomic mass is 10.2. The second-order valence-electron chi connectivity index (χ2n) is 3.92. The zero-order valence-corrected chi connectivity index (χ0v) is 11.3. The minimum atomic E-state index is -4.37. The zero-order chi connectivity index (χ0) is 13.9. The molecule has 2 aromatic carbocycles. The van der Waals surface area contributed by atoms with Gasteiger partial charge in [-0.05, 0) is 39.7 Å². The molecule has 0 unspecified atom stereocenters. The Morgan fingerprint density at radius 2 is 1.68 bits per heavy atom. The highest BCUT2D eigenvalue weighted by Gasteiger charge is 2.31. The molecule has 0 saturated heterocycles. The van der Waals surface area contributed by atoms with Crippen molar-refractivity contribution in [2.45, 2.75) is 12.8 Å². The Labute approximate surface area is 117 Å². The van der Waals surface area contributed by atoms with E-state index < -0.39 is 11.7 Å². The van der Waals surface area contributed by atoms with E-state index >= 15 is 0 Å². The van der Waals surface area contributed by atoms with Crippen LogP contribution in [0.3, 0.4) is 0 Å². The Morgan fingerprint density at radius 1 is 1.00 bits per heavy atom. The molecular formula is C14H10BrF3O. The van der Waals surface area contributed by atoms with Gasteiger partial charge in [0.15, 0.2) is 0 Å². The Balaban J connectivity index is 2.16. The van der Waals surface area contributed by atoms with E-state index in [1.54, 1.807) is 0 Å². The molecule has 0 aliphatic carbocycles. The Kier molecular flexibility index (Phi) is 4.14. The summed E-state index contributed by atoms with van der Waals surface area (Å²) in [6.45, 7) is 0.223. The third-order valence-electron chi connectivity index (χ3n) is 2.50. The van der Waals surface area contributed by atoms with E-state index in [1.807, 2.05) is 30.3 Å². The number of hydrogen-bond acceptors (Lipinski definition) is 1. The van der Waals surface area contributed by atoms with Crippen molar-refractivity contribution in [1.82, 2.24) is 0 Å². The normalized spacial score (nSPS) is 11.4. The molecule has 0 spiro atoms. The summed E-state index contributed by atoms with van der Waals surface area (Å²) in [7, 11) is 0. The summed E-state index contributed by atoms with van der Waals surface area (Å²) in [6, 6.07) is 12.6. The highest BCUT2D eigenvalue weighted by atomic mass is 79.9. The van der Waals surface area contributed by atoms with Gasteiger partial charge in [-0.15, -0.1) is 0 Å². The van der Waals surface area contributed by atoms with Crippen molar-refractivity contribution >= 4 is 15.9 Å². The summed E-state index contributed by atoms with van der Waals surface area (Å²) in [4.78, 5) is 0. The van der Waals surface area contributed by atoms with Gasteiger partial charge in [0.25, 0.3) is 0 Å². The smallest absolute Gasteiger partial charge is 0.416 e. The fourth-order valence-corrected chi connectivity index (χ4v) is 1.89. The summed E-state index contributed by atoms with van der Waals surface area (Å²) in [5, 5.41) is 0. The Bertz CT molecular complexity index is 552. The molecule has 2 aromatic rings. The fourth-order valence-electron chi connectivity index (χ4n) is 1.53. The molecule has 0 radical (unpaired) electrons. The quantitative estimate of drug-likeness (QED) is 0.765. The van der Waals surface area contributed by atoms with Gasteiger partial charge in [-0.25, -0.2) is 0 Å². The average molecular weight is 331 g/mol. The molecular weight excluding hydrogens is 321 g/mol. The number of halogens is 4. The van der Waals surface area contributed by atoms with Crippen molar-refractivity contribution < 1.29 is 17.9 Å². The van der Waals surface area contributed by atoms with E-state index in [-0.39, 0.29) is 12.4 Å². The van der Waals surface area contributed by atoms with Crippen LogP contribution in [0.1, 0.15) is 11.1 Å². The van der Waals surface area contributed by atoms with Crippen LogP contribution in [0.4, 0.5) is 13.2 Å². The first-order valence-electron chi connectivity index (χ1n) is 5.50. The van der Waals surface area contributed by atoms with Gasteiger partial charge in [-0.2, -0.15) is 13.2 Å². The monoisotopic (exact) mass is 330 g/mol. The average Bonchev–Trinajstić information content (AvgIpc) is 2.37. The second-order valence-corrected chi connectivity index (χ2v) is 4.77. The SMILES string of the molecule is FC(F)(F)c1ccc(Br)c(OCc2ccccc2)c1. The molecule has 0 saturated carbocycles. The van der Waals surface area contributed by atoms with E-state index in [0.717, 1.165) is 17.7 Å². The molecule has 0 bridgehead atoms. The molecule has 5 heteroatoms. The molecule has 0 heterocycles. The third-order valence-corrected chi connectivity index (χ3v) is 3.15. The van der Waals surface area contributed by atoms with E-state index in [4.69, 9.17) is 4.74 Å². The summed E-state index contributed by atoms with van der Waals surface area (Å²) in [5.41, 5.74) is 0.172. The number of hydrogen-bond donors (Lipinski definition) is 0. The zero-order valence-electron chi connectivity index (χ0n) is 9.75. The fraction of sp³-hybridized carbons (Fsp3) is 0.143. The van der Waals surface area contributed by atoms with Crippen LogP contribution in [0.25, 0.3) is 0 Å². The van der Waals surface area contributed by atoms with Crippen molar-refractivity contribution in [3.05, 3.63) is 64.1 Å². The minimum absolute atomic E-state index is 0.179. The first-order valence-corrected chi connectivity index (χ1v) is 6.29. The van der Waals surface area contributed by atoms with Crippen LogP contribution in [0.2, 0.25) is 0 Å². The number of alkyl halides is 3. The van der Waals surface area contributed by atoms with E-state index in [1.165, 1.54) is 6.07 Å². The first kappa shape index (κ1) is 13.9. The summed E-state index contributed by atoms with van der Waals surface area (Å²) in [6.07, 6.45) is -4.37. The van der Waals surface area contributed by atoms with Crippen LogP contribution in [-0.4, -0.2) is 0 Å². The Morgan fingerprint density at radius 3 is 2.32 bits per heavy atom. The predicted molar refractivity (Wildman–Crippen MR) is 69.9 cm³/mol. The second kappa shape index (κ2) is 5.65. The molecule has 0 fully saturated rings. The Hall–Kier alpha value is -1.49. The lowest BCUT2D eigenvalue weighted by Gasteiger charge is -2.12. The number of rotatable bonds is 3. The van der Waals surface area contributed by atoms with Gasteiger partial charge in [0.1, 0.15) is 12.4 Å². The highest BCUT2D eigenvalue weighted by molar-refractivity contribution is 9.10. The van der Waals surface area contributed by atoms with Crippen molar-refractivity contribution in [2.75, 3.05) is 0 Å². The summed E-state index contributed by atoms with van der Waals surface area (Å²) in [5.74, 6) is 0.179. The molecule has 100 valence electrons. The molecule has 0 aliphatic heterocycles. The first-order chi connectivity index (χ1) is 8.97. The van der Waals surface area contributed by atoms with Crippen LogP contribution in [0.5, 0.6) is 5.75 Å². The van der Waals surface area contributed by atoms with E-state index in [2.05, 4.69) is 15.9 Å². The van der Waals surface area contributed by atoms with Gasteiger partial charge in [0.05, 0.1) is 10.0 Å². The van der Waals surface area contributed by atoms with Crippen LogP contribution >= 0.6 is 15.9 Å². The predicted octanol–water partition coefficient (Wildman–Crippen LogP) is 5.05. The topological polar surface area (TPSA) is 9.23 Å². The summed E-state index contributed by atoms with van der Waals surface area (Å²) < 4.78 is 43.7. The van der Waals surface area contributed by atoms with Gasteiger partial charge in [0, 0.05) is 0 Å². The van der Waals surface area contributed by atoms with Gasteiger partial charge >= 0.3 is 6.18 Å². The van der Waals surface area contributed by atoms with Crippen molar-refractivity contribution in [2.24, 2.45) is 0 Å². The number of ether oxygens (including phenoxy) is 1. The molecule has 19 heavy (non-hydrogen) atoms. The number of benzene rings is 2. The molecule has 0 aromatic heterocycles. The lowest BCUT2D eigenvalue weighted by Crippen LogP contribution is -2.05. The van der Waals surface area contributed by atoms with Crippen LogP contribution < -0.4 is 4.74 Å². The molecule has 0 N–H and O–H groups in total. The van der Waals surface area contributed by atoms with Gasteiger partial charge in [0.2, 0.25) is 0 Å². The van der Waals surface area contributed by atoms with Crippen molar-refractivity contribution in [1.29, 1.82) is 0 Å². The maximum absolute atomic E-state index is 12.6. The molecule has 0 amide bonds. The molecule has 2 rings (SSSR count). The highest BCUT2D eigenvalue weighted by Crippen LogP contribution is 2.35. The minimum Gasteiger partial charge on any atom is -0.488 e. The van der Waals surface area contributed by atoms with Gasteiger partial charge in [-0.1, -0.05) is 30.3 Å². The maximum atomic E-state index is 12.6. The summed E-state index contributed by atoms with van der Waals surface area (Å²) >= 11 is 3.18. The van der Waals surface area contributed by atoms with Gasteiger partial charge in [-0.3, -0.25) is 0 Å². The lowest BCUT2D eigenvalue weighted by molar-refractivity contribution is -0.137. The van der Waals surface area contributed by atoms with Gasteiger partial charge < -0.3 is 4.74 Å². The molecule has 0 atom stereocenters. The molecule has 1 nitrogen and oxygen atoms in total. The van der Waals surface area contributed by atoms with Crippen molar-refractivity contribution in [3.63, 3.8) is 0 Å². The van der Waals surface area contributed by atoms with Crippen LogP contribution in [0.15, 0.2) is 53.0 Å². The maximum Gasteiger partial charge on any atom is 0.416 e. The van der Waals surface area contributed by atoms with Crippen molar-refractivity contribution in [3.8, 4) is 5.75 Å².